The minimum Gasteiger partial charge on any atom is -0.381 e. The summed E-state index contributed by atoms with van der Waals surface area (Å²) in [6.45, 7) is 8.03. The van der Waals surface area contributed by atoms with E-state index in [1.54, 1.807) is 0 Å². The highest BCUT2D eigenvalue weighted by atomic mass is 16.5. The molecule has 3 nitrogen and oxygen atoms in total. The molecule has 1 aliphatic carbocycles. The van der Waals surface area contributed by atoms with Crippen LogP contribution in [0, 0.1) is 5.92 Å². The molecule has 0 aromatic carbocycles. The van der Waals surface area contributed by atoms with Crippen LogP contribution in [0.1, 0.15) is 58.8 Å². The third-order valence-corrected chi connectivity index (χ3v) is 4.81. The first-order valence-electron chi connectivity index (χ1n) is 8.27. The molecule has 1 heterocycles. The van der Waals surface area contributed by atoms with Crippen molar-refractivity contribution in [2.24, 2.45) is 5.92 Å². The van der Waals surface area contributed by atoms with Crippen molar-refractivity contribution in [1.29, 1.82) is 0 Å². The van der Waals surface area contributed by atoms with E-state index in [9.17, 15) is 0 Å². The number of hydrogen-bond acceptors (Lipinski definition) is 3. The van der Waals surface area contributed by atoms with Crippen molar-refractivity contribution in [2.75, 3.05) is 26.4 Å². The second kappa shape index (κ2) is 7.61. The molecule has 112 valence electrons. The van der Waals surface area contributed by atoms with Crippen molar-refractivity contribution in [3.63, 3.8) is 0 Å². The zero-order valence-electron chi connectivity index (χ0n) is 12.7. The molecule has 1 saturated heterocycles. The van der Waals surface area contributed by atoms with E-state index in [2.05, 4.69) is 19.2 Å². The molecule has 0 radical (unpaired) electrons. The van der Waals surface area contributed by atoms with Gasteiger partial charge in [-0.3, -0.25) is 0 Å². The van der Waals surface area contributed by atoms with E-state index in [4.69, 9.17) is 9.47 Å². The predicted octanol–water partition coefficient (Wildman–Crippen LogP) is 3.13. The number of rotatable bonds is 6. The Morgan fingerprint density at radius 2 is 1.95 bits per heavy atom. The average molecular weight is 269 g/mol. The van der Waals surface area contributed by atoms with Gasteiger partial charge in [0.2, 0.25) is 0 Å². The lowest BCUT2D eigenvalue weighted by atomic mass is 9.78. The molecular formula is C16H31NO2. The first-order valence-corrected chi connectivity index (χ1v) is 8.27. The van der Waals surface area contributed by atoms with Crippen LogP contribution in [0.25, 0.3) is 0 Å². The lowest BCUT2D eigenvalue weighted by Crippen LogP contribution is -2.56. The fourth-order valence-electron chi connectivity index (χ4n) is 3.98. The van der Waals surface area contributed by atoms with Crippen molar-refractivity contribution in [2.45, 2.75) is 70.4 Å². The lowest BCUT2D eigenvalue weighted by Gasteiger charge is -2.43. The van der Waals surface area contributed by atoms with E-state index in [1.807, 2.05) is 0 Å². The molecule has 3 heteroatoms. The molecule has 0 bridgehead atoms. The van der Waals surface area contributed by atoms with Gasteiger partial charge in [-0.1, -0.05) is 32.6 Å². The van der Waals surface area contributed by atoms with E-state index in [-0.39, 0.29) is 5.60 Å². The maximum Gasteiger partial charge on any atom is 0.0838 e. The zero-order chi connectivity index (χ0) is 13.6. The van der Waals surface area contributed by atoms with Crippen LogP contribution in [-0.2, 0) is 9.47 Å². The van der Waals surface area contributed by atoms with Crippen LogP contribution in [0.4, 0.5) is 0 Å². The molecule has 0 amide bonds. The van der Waals surface area contributed by atoms with Gasteiger partial charge in [0, 0.05) is 25.2 Å². The highest BCUT2D eigenvalue weighted by Gasteiger charge is 2.44. The summed E-state index contributed by atoms with van der Waals surface area (Å²) in [5.74, 6) is 0.629. The summed E-state index contributed by atoms with van der Waals surface area (Å²) in [5.41, 5.74) is 0.0552. The van der Waals surface area contributed by atoms with Gasteiger partial charge in [0.25, 0.3) is 0 Å². The zero-order valence-corrected chi connectivity index (χ0v) is 12.7. The summed E-state index contributed by atoms with van der Waals surface area (Å²) >= 11 is 0. The molecule has 0 aromatic heterocycles. The molecule has 2 aliphatic rings. The van der Waals surface area contributed by atoms with Gasteiger partial charge in [-0.2, -0.15) is 0 Å². The lowest BCUT2D eigenvalue weighted by molar-refractivity contribution is -0.0900. The monoisotopic (exact) mass is 269 g/mol. The third-order valence-electron chi connectivity index (χ3n) is 4.81. The maximum absolute atomic E-state index is 6.36. The first kappa shape index (κ1) is 15.3. The molecular weight excluding hydrogens is 238 g/mol. The number of hydrogen-bond donors (Lipinski definition) is 1. The van der Waals surface area contributed by atoms with Gasteiger partial charge >= 0.3 is 0 Å². The first-order chi connectivity index (χ1) is 9.32. The van der Waals surface area contributed by atoms with Crippen molar-refractivity contribution in [3.8, 4) is 0 Å². The van der Waals surface area contributed by atoms with Gasteiger partial charge in [0.15, 0.2) is 0 Å². The Bertz CT molecular complexity index is 243. The minimum absolute atomic E-state index is 0.0552. The molecule has 2 fully saturated rings. The molecule has 1 saturated carbocycles. The molecule has 1 N–H and O–H groups in total. The van der Waals surface area contributed by atoms with Crippen molar-refractivity contribution >= 4 is 0 Å². The fourth-order valence-corrected chi connectivity index (χ4v) is 3.98. The van der Waals surface area contributed by atoms with Crippen LogP contribution < -0.4 is 5.32 Å². The van der Waals surface area contributed by atoms with Gasteiger partial charge in [-0.05, 0) is 32.7 Å². The Kier molecular flexibility index (Phi) is 6.11. The van der Waals surface area contributed by atoms with E-state index in [0.29, 0.717) is 12.0 Å². The fraction of sp³-hybridized carbons (Fsp3) is 1.00. The summed E-state index contributed by atoms with van der Waals surface area (Å²) in [6.07, 6.45) is 8.99. The molecule has 19 heavy (non-hydrogen) atoms. The van der Waals surface area contributed by atoms with Gasteiger partial charge in [-0.15, -0.1) is 0 Å². The molecule has 2 atom stereocenters. The number of ether oxygens (including phenoxy) is 2. The van der Waals surface area contributed by atoms with Crippen molar-refractivity contribution in [3.05, 3.63) is 0 Å². The Morgan fingerprint density at radius 3 is 2.47 bits per heavy atom. The highest BCUT2D eigenvalue weighted by Crippen LogP contribution is 2.38. The summed E-state index contributed by atoms with van der Waals surface area (Å²) in [7, 11) is 0. The normalized spacial score (nSPS) is 29.1. The Labute approximate surface area is 118 Å². The van der Waals surface area contributed by atoms with Crippen molar-refractivity contribution in [1.82, 2.24) is 5.32 Å². The van der Waals surface area contributed by atoms with E-state index < -0.39 is 0 Å². The molecule has 2 unspecified atom stereocenters. The van der Waals surface area contributed by atoms with Gasteiger partial charge in [0.05, 0.1) is 12.2 Å². The molecule has 0 aromatic rings. The standard InChI is InChI=1S/C16H31NO2/c1-3-17-15(14-9-12-18-13-14)16(19-4-2)10-7-5-6-8-11-16/h14-15,17H,3-13H2,1-2H3. The SMILES string of the molecule is CCNC(C1CCOC1)C1(OCC)CCCCCC1. The summed E-state index contributed by atoms with van der Waals surface area (Å²) in [5, 5.41) is 3.74. The Hall–Kier alpha value is -0.120. The quantitative estimate of drug-likeness (QED) is 0.752. The van der Waals surface area contributed by atoms with Gasteiger partial charge < -0.3 is 14.8 Å². The summed E-state index contributed by atoms with van der Waals surface area (Å²) in [4.78, 5) is 0. The average Bonchev–Trinajstić information content (AvgIpc) is 2.83. The van der Waals surface area contributed by atoms with Crippen LogP contribution in [0.5, 0.6) is 0 Å². The van der Waals surface area contributed by atoms with Gasteiger partial charge in [-0.25, -0.2) is 0 Å². The second-order valence-electron chi connectivity index (χ2n) is 6.07. The highest BCUT2D eigenvalue weighted by molar-refractivity contribution is 4.99. The van der Waals surface area contributed by atoms with Crippen LogP contribution >= 0.6 is 0 Å². The topological polar surface area (TPSA) is 30.5 Å². The number of nitrogens with one attached hydrogen (secondary N) is 1. The summed E-state index contributed by atoms with van der Waals surface area (Å²) in [6, 6.07) is 0.470. The summed E-state index contributed by atoms with van der Waals surface area (Å²) < 4.78 is 12.0. The van der Waals surface area contributed by atoms with Crippen LogP contribution in [-0.4, -0.2) is 38.0 Å². The second-order valence-corrected chi connectivity index (χ2v) is 6.07. The van der Waals surface area contributed by atoms with Crippen LogP contribution in [0.15, 0.2) is 0 Å². The largest absolute Gasteiger partial charge is 0.381 e. The predicted molar refractivity (Wildman–Crippen MR) is 78.4 cm³/mol. The molecule has 2 rings (SSSR count). The molecule has 1 aliphatic heterocycles. The van der Waals surface area contributed by atoms with Crippen LogP contribution in [0.3, 0.4) is 0 Å². The molecule has 0 spiro atoms. The Morgan fingerprint density at radius 1 is 1.21 bits per heavy atom. The number of likely N-dealkylation sites (N-methyl/N-ethyl adjacent to an activating group) is 1. The Balaban J connectivity index is 2.15. The van der Waals surface area contributed by atoms with Gasteiger partial charge in [0.1, 0.15) is 0 Å². The van der Waals surface area contributed by atoms with Crippen LogP contribution in [0.2, 0.25) is 0 Å². The van der Waals surface area contributed by atoms with E-state index >= 15 is 0 Å². The minimum atomic E-state index is 0.0552. The van der Waals surface area contributed by atoms with Crippen molar-refractivity contribution < 1.29 is 9.47 Å². The third kappa shape index (κ3) is 3.71. The van der Waals surface area contributed by atoms with E-state index in [0.717, 1.165) is 26.4 Å². The smallest absolute Gasteiger partial charge is 0.0838 e. The van der Waals surface area contributed by atoms with E-state index in [1.165, 1.54) is 44.9 Å². The maximum atomic E-state index is 6.36.